The number of fused-ring (bicyclic) bond motifs is 3. The summed E-state index contributed by atoms with van der Waals surface area (Å²) in [6.07, 6.45) is 5.72. The van der Waals surface area contributed by atoms with Gasteiger partial charge in [0.15, 0.2) is 5.78 Å². The van der Waals surface area contributed by atoms with E-state index in [1.165, 1.54) is 0 Å². The summed E-state index contributed by atoms with van der Waals surface area (Å²) >= 11 is 0. The molecule has 3 aromatic rings. The predicted octanol–water partition coefficient (Wildman–Crippen LogP) is 2.95. The molecular weight excluding hydrogens is 278 g/mol. The van der Waals surface area contributed by atoms with Crippen LogP contribution in [0.25, 0.3) is 16.9 Å². The van der Waals surface area contributed by atoms with Crippen LogP contribution < -0.4 is 4.74 Å². The summed E-state index contributed by atoms with van der Waals surface area (Å²) in [6, 6.07) is 7.57. The maximum atomic E-state index is 12.4. The number of carbonyl (C=O) groups is 1. The Labute approximate surface area is 127 Å². The zero-order valence-electron chi connectivity index (χ0n) is 12.2. The largest absolute Gasteiger partial charge is 0.495 e. The van der Waals surface area contributed by atoms with Gasteiger partial charge in [0.05, 0.1) is 12.6 Å². The number of para-hydroxylation sites is 1. The molecule has 0 saturated carbocycles. The van der Waals surface area contributed by atoms with Gasteiger partial charge in [-0.3, -0.25) is 9.36 Å². The van der Waals surface area contributed by atoms with Crippen molar-refractivity contribution in [2.24, 2.45) is 0 Å². The molecule has 0 unspecified atom stereocenters. The molecule has 0 atom stereocenters. The first-order chi connectivity index (χ1) is 10.8. The van der Waals surface area contributed by atoms with E-state index < -0.39 is 0 Å². The van der Waals surface area contributed by atoms with Gasteiger partial charge in [0.1, 0.15) is 5.75 Å². The summed E-state index contributed by atoms with van der Waals surface area (Å²) in [5, 5.41) is 0.923. The Morgan fingerprint density at radius 2 is 1.95 bits per heavy atom. The van der Waals surface area contributed by atoms with Crippen molar-refractivity contribution in [3.05, 3.63) is 47.9 Å². The minimum Gasteiger partial charge on any atom is -0.495 e. The van der Waals surface area contributed by atoms with E-state index in [0.717, 1.165) is 40.8 Å². The van der Waals surface area contributed by atoms with Crippen LogP contribution in [-0.4, -0.2) is 27.4 Å². The number of nitrogens with zero attached hydrogens (tertiary/aromatic N) is 3. The van der Waals surface area contributed by atoms with Gasteiger partial charge in [-0.2, -0.15) is 0 Å². The van der Waals surface area contributed by atoms with E-state index >= 15 is 0 Å². The highest BCUT2D eigenvalue weighted by atomic mass is 16.5. The van der Waals surface area contributed by atoms with Crippen LogP contribution >= 0.6 is 0 Å². The van der Waals surface area contributed by atoms with Crippen molar-refractivity contribution >= 4 is 16.7 Å². The summed E-state index contributed by atoms with van der Waals surface area (Å²) < 4.78 is 7.49. The fourth-order valence-corrected chi connectivity index (χ4v) is 3.24. The number of benzene rings is 1. The molecule has 22 heavy (non-hydrogen) atoms. The summed E-state index contributed by atoms with van der Waals surface area (Å²) in [7, 11) is 1.64. The molecule has 5 heteroatoms. The minimum absolute atomic E-state index is 0.189. The average molecular weight is 293 g/mol. The van der Waals surface area contributed by atoms with Gasteiger partial charge >= 0.3 is 0 Å². The van der Waals surface area contributed by atoms with Crippen molar-refractivity contribution in [3.63, 3.8) is 0 Å². The highest BCUT2D eigenvalue weighted by molar-refractivity contribution is 6.11. The molecule has 5 nitrogen and oxygen atoms in total. The number of ketones is 1. The summed E-state index contributed by atoms with van der Waals surface area (Å²) in [6.45, 7) is 0. The maximum absolute atomic E-state index is 12.4. The van der Waals surface area contributed by atoms with Crippen molar-refractivity contribution in [3.8, 4) is 11.7 Å². The molecule has 0 spiro atoms. The Morgan fingerprint density at radius 1 is 1.14 bits per heavy atom. The Morgan fingerprint density at radius 3 is 2.73 bits per heavy atom. The second-order valence-electron chi connectivity index (χ2n) is 5.34. The molecule has 0 saturated heterocycles. The van der Waals surface area contributed by atoms with Crippen LogP contribution in [0.2, 0.25) is 0 Å². The van der Waals surface area contributed by atoms with Gasteiger partial charge in [0.2, 0.25) is 5.95 Å². The number of carbonyl (C=O) groups excluding carboxylic acids is 1. The zero-order chi connectivity index (χ0) is 15.1. The molecule has 2 heterocycles. The molecule has 0 bridgehead atoms. The lowest BCUT2D eigenvalue weighted by Gasteiger charge is -2.14. The first-order valence-electron chi connectivity index (χ1n) is 7.32. The number of hydrogen-bond acceptors (Lipinski definition) is 4. The van der Waals surface area contributed by atoms with Crippen LogP contribution in [0.5, 0.6) is 5.75 Å². The van der Waals surface area contributed by atoms with Gasteiger partial charge in [-0.15, -0.1) is 0 Å². The maximum Gasteiger partial charge on any atom is 0.234 e. The molecule has 0 aliphatic heterocycles. The van der Waals surface area contributed by atoms with E-state index in [2.05, 4.69) is 9.97 Å². The van der Waals surface area contributed by atoms with E-state index in [0.29, 0.717) is 12.4 Å². The van der Waals surface area contributed by atoms with E-state index in [4.69, 9.17) is 4.74 Å². The van der Waals surface area contributed by atoms with E-state index in [9.17, 15) is 4.79 Å². The third kappa shape index (κ3) is 1.75. The quantitative estimate of drug-likeness (QED) is 0.729. The van der Waals surface area contributed by atoms with Crippen molar-refractivity contribution < 1.29 is 9.53 Å². The number of Topliss-reactive ketones (excluding diaryl/α,β-unsaturated/α-hetero) is 1. The predicted molar refractivity (Wildman–Crippen MR) is 82.7 cm³/mol. The van der Waals surface area contributed by atoms with Crippen LogP contribution in [0.15, 0.2) is 36.7 Å². The molecule has 1 aliphatic rings. The van der Waals surface area contributed by atoms with Crippen LogP contribution in [0.3, 0.4) is 0 Å². The van der Waals surface area contributed by atoms with Crippen molar-refractivity contribution in [1.29, 1.82) is 0 Å². The first kappa shape index (κ1) is 13.0. The molecule has 0 amide bonds. The normalized spacial score (nSPS) is 14.1. The lowest BCUT2D eigenvalue weighted by Crippen LogP contribution is -2.13. The fraction of sp³-hybridized carbons (Fsp3) is 0.235. The van der Waals surface area contributed by atoms with E-state index in [1.54, 1.807) is 25.6 Å². The zero-order valence-corrected chi connectivity index (χ0v) is 12.2. The monoisotopic (exact) mass is 293 g/mol. The van der Waals surface area contributed by atoms with Gasteiger partial charge < -0.3 is 4.74 Å². The van der Waals surface area contributed by atoms with Gasteiger partial charge in [-0.25, -0.2) is 9.97 Å². The van der Waals surface area contributed by atoms with Crippen LogP contribution in [0.4, 0.5) is 0 Å². The van der Waals surface area contributed by atoms with Crippen LogP contribution in [0.1, 0.15) is 28.9 Å². The molecule has 0 fully saturated rings. The second kappa shape index (κ2) is 4.94. The molecule has 0 N–H and O–H groups in total. The summed E-state index contributed by atoms with van der Waals surface area (Å²) in [5.41, 5.74) is 2.66. The molecule has 0 radical (unpaired) electrons. The van der Waals surface area contributed by atoms with Crippen molar-refractivity contribution in [1.82, 2.24) is 14.5 Å². The number of ether oxygens (including phenoxy) is 1. The number of aromatic nitrogens is 3. The fourth-order valence-electron chi connectivity index (χ4n) is 3.24. The van der Waals surface area contributed by atoms with Crippen LogP contribution in [-0.2, 0) is 6.42 Å². The smallest absolute Gasteiger partial charge is 0.234 e. The average Bonchev–Trinajstić information content (AvgIpc) is 2.91. The standard InChI is InChI=1S/C17H15N3O2/c1-22-14-8-2-5-11-15-12(6-3-7-13(15)21)20(16(11)14)17-18-9-4-10-19-17/h2,4-5,8-10H,3,6-7H2,1H3. The Balaban J connectivity index is 2.17. The SMILES string of the molecule is COc1cccc2c3c(n(-c4ncccn4)c12)CCCC3=O. The van der Waals surface area contributed by atoms with Gasteiger partial charge in [-0.1, -0.05) is 12.1 Å². The lowest BCUT2D eigenvalue weighted by molar-refractivity contribution is 0.0973. The van der Waals surface area contributed by atoms with Crippen molar-refractivity contribution in [2.75, 3.05) is 7.11 Å². The van der Waals surface area contributed by atoms with E-state index in [1.807, 2.05) is 22.8 Å². The summed E-state index contributed by atoms with van der Waals surface area (Å²) in [4.78, 5) is 21.2. The Kier molecular flexibility index (Phi) is 2.92. The molecule has 2 aromatic heterocycles. The molecular formula is C17H15N3O2. The molecule has 110 valence electrons. The van der Waals surface area contributed by atoms with E-state index in [-0.39, 0.29) is 5.78 Å². The van der Waals surface area contributed by atoms with Gasteiger partial charge in [0, 0.05) is 35.5 Å². The molecule has 1 aromatic carbocycles. The summed E-state index contributed by atoms with van der Waals surface area (Å²) in [5.74, 6) is 1.49. The third-order valence-electron chi connectivity index (χ3n) is 4.12. The first-order valence-corrected chi connectivity index (χ1v) is 7.32. The number of methoxy groups -OCH3 is 1. The number of hydrogen-bond donors (Lipinski definition) is 0. The molecule has 1 aliphatic carbocycles. The van der Waals surface area contributed by atoms with Crippen molar-refractivity contribution in [2.45, 2.75) is 19.3 Å². The van der Waals surface area contributed by atoms with Gasteiger partial charge in [0.25, 0.3) is 0 Å². The Hall–Kier alpha value is -2.69. The molecule has 4 rings (SSSR count). The topological polar surface area (TPSA) is 57.0 Å². The van der Waals surface area contributed by atoms with Crippen LogP contribution in [0, 0.1) is 0 Å². The third-order valence-corrected chi connectivity index (χ3v) is 4.12. The van der Waals surface area contributed by atoms with Gasteiger partial charge in [-0.05, 0) is 25.0 Å². The Bertz CT molecular complexity index is 868. The second-order valence-corrected chi connectivity index (χ2v) is 5.34. The highest BCUT2D eigenvalue weighted by Gasteiger charge is 2.28. The number of rotatable bonds is 2. The lowest BCUT2D eigenvalue weighted by atomic mass is 9.94. The minimum atomic E-state index is 0.189. The highest BCUT2D eigenvalue weighted by Crippen LogP contribution is 2.37.